The van der Waals surface area contributed by atoms with Crippen molar-refractivity contribution in [1.29, 1.82) is 0 Å². The predicted octanol–water partition coefficient (Wildman–Crippen LogP) is 3.21. The Morgan fingerprint density at radius 1 is 1.38 bits per heavy atom. The van der Waals surface area contributed by atoms with E-state index in [0.717, 1.165) is 18.3 Å². The molecule has 2 N–H and O–H groups in total. The van der Waals surface area contributed by atoms with Gasteiger partial charge in [-0.1, -0.05) is 0 Å². The van der Waals surface area contributed by atoms with Gasteiger partial charge >= 0.3 is 0 Å². The van der Waals surface area contributed by atoms with Gasteiger partial charge in [0, 0.05) is 5.56 Å². The van der Waals surface area contributed by atoms with Crippen LogP contribution in [0.1, 0.15) is 42.1 Å². The number of anilines is 1. The molecule has 0 bridgehead atoms. The van der Waals surface area contributed by atoms with Crippen molar-refractivity contribution in [2.75, 3.05) is 12.4 Å². The number of hydroxylamine groups is 1. The maximum Gasteiger partial charge on any atom is 0.183 e. The summed E-state index contributed by atoms with van der Waals surface area (Å²) < 4.78 is 56.7. The minimum Gasteiger partial charge on any atom is -0.496 e. The molecule has 1 atom stereocenters. The van der Waals surface area contributed by atoms with Crippen LogP contribution >= 0.6 is 0 Å². The lowest BCUT2D eigenvalue weighted by Gasteiger charge is -2.18. The molecule has 4 rings (SSSR count). The molecule has 152 valence electrons. The smallest absolute Gasteiger partial charge is 0.183 e. The fourth-order valence-corrected chi connectivity index (χ4v) is 2.99. The number of halogens is 2. The highest BCUT2D eigenvalue weighted by atomic mass is 19.1. The molecule has 8 nitrogen and oxygen atoms in total. The average Bonchev–Trinajstić information content (AvgIpc) is 3.24. The maximum atomic E-state index is 14.7. The van der Waals surface area contributed by atoms with Gasteiger partial charge in [0.2, 0.25) is 0 Å². The monoisotopic (exact) mass is 405 g/mol. The number of nitrogens with zero attached hydrogens (tertiary/aromatic N) is 4. The van der Waals surface area contributed by atoms with Gasteiger partial charge in [0.15, 0.2) is 28.8 Å². The molecule has 0 amide bonds. The number of ether oxygens (including phenoxy) is 1. The summed E-state index contributed by atoms with van der Waals surface area (Å²) in [6, 6.07) is 2.67. The van der Waals surface area contributed by atoms with E-state index >= 15 is 0 Å². The number of nitrogens with one attached hydrogen (secondary N) is 2. The summed E-state index contributed by atoms with van der Waals surface area (Å²) in [6.45, 7) is 5.12. The maximum absolute atomic E-state index is 14.7. The van der Waals surface area contributed by atoms with Crippen molar-refractivity contribution >= 4 is 17.3 Å². The minimum absolute atomic E-state index is 0.0539. The van der Waals surface area contributed by atoms with E-state index in [1.54, 1.807) is 20.8 Å². The van der Waals surface area contributed by atoms with Crippen molar-refractivity contribution in [3.05, 3.63) is 53.4 Å². The molecule has 0 saturated heterocycles. The van der Waals surface area contributed by atoms with Gasteiger partial charge in [-0.05, 0) is 39.0 Å². The van der Waals surface area contributed by atoms with E-state index in [4.69, 9.17) is 13.7 Å². The summed E-state index contributed by atoms with van der Waals surface area (Å²) in [6.07, 6.45) is 2.61. The number of hydrogen-bond donors (Lipinski definition) is 2. The van der Waals surface area contributed by atoms with Crippen molar-refractivity contribution in [2.24, 2.45) is 4.99 Å². The predicted molar refractivity (Wildman–Crippen MR) is 103 cm³/mol. The number of benzene rings is 1. The molecule has 2 aromatic heterocycles. The van der Waals surface area contributed by atoms with Crippen LogP contribution in [0.25, 0.3) is 5.65 Å². The highest BCUT2D eigenvalue weighted by Gasteiger charge is 2.28. The Kier molecular flexibility index (Phi) is 3.75. The van der Waals surface area contributed by atoms with Crippen LogP contribution in [0, 0.1) is 11.6 Å². The molecular weight excluding hydrogens is 382 g/mol. The number of aliphatic imine (C=N–C) groups is 1. The topological polar surface area (TPSA) is 85.1 Å². The quantitative estimate of drug-likeness (QED) is 0.678. The largest absolute Gasteiger partial charge is 0.496 e. The SMILES string of the molecule is [2H]C([2H])([2H])Oc1ccc(F)cc1[C@@H](C)Nc1nc2c(C3=NC(C)(C)ON3)cnn2cc1F. The van der Waals surface area contributed by atoms with Crippen molar-refractivity contribution in [2.45, 2.75) is 32.5 Å². The van der Waals surface area contributed by atoms with Crippen LogP contribution in [0.2, 0.25) is 0 Å². The van der Waals surface area contributed by atoms with Gasteiger partial charge in [-0.2, -0.15) is 5.10 Å². The molecular formula is C19H20F2N6O2. The number of rotatable bonds is 5. The fraction of sp³-hybridized carbons (Fsp3) is 0.316. The van der Waals surface area contributed by atoms with Crippen LogP contribution in [-0.4, -0.2) is 33.2 Å². The third-order valence-corrected chi connectivity index (χ3v) is 4.38. The molecule has 0 spiro atoms. The second-order valence-corrected chi connectivity index (χ2v) is 7.03. The Bertz CT molecular complexity index is 1210. The number of fused-ring (bicyclic) bond motifs is 1. The van der Waals surface area contributed by atoms with E-state index in [2.05, 4.69) is 25.9 Å². The van der Waals surface area contributed by atoms with Crippen LogP contribution in [0.5, 0.6) is 5.75 Å². The first-order valence-electron chi connectivity index (χ1n) is 10.2. The van der Waals surface area contributed by atoms with Gasteiger partial charge < -0.3 is 10.1 Å². The van der Waals surface area contributed by atoms with Gasteiger partial charge in [-0.15, -0.1) is 0 Å². The van der Waals surface area contributed by atoms with Crippen LogP contribution in [0.15, 0.2) is 35.6 Å². The second-order valence-electron chi connectivity index (χ2n) is 7.03. The van der Waals surface area contributed by atoms with Crippen LogP contribution in [-0.2, 0) is 4.84 Å². The average molecular weight is 405 g/mol. The Hall–Kier alpha value is -3.27. The lowest BCUT2D eigenvalue weighted by molar-refractivity contribution is -0.0269. The third kappa shape index (κ3) is 3.58. The Labute approximate surface area is 169 Å². The summed E-state index contributed by atoms with van der Waals surface area (Å²) in [5.41, 5.74) is 2.90. The molecule has 0 fully saturated rings. The van der Waals surface area contributed by atoms with Crippen LogP contribution in [0.3, 0.4) is 0 Å². The Balaban J connectivity index is 1.69. The molecule has 0 unspecified atom stereocenters. The molecule has 1 aliphatic heterocycles. The first kappa shape index (κ1) is 15.6. The summed E-state index contributed by atoms with van der Waals surface area (Å²) >= 11 is 0. The normalized spacial score (nSPS) is 18.4. The summed E-state index contributed by atoms with van der Waals surface area (Å²) in [7, 11) is -2.73. The zero-order chi connectivity index (χ0) is 23.3. The summed E-state index contributed by atoms with van der Waals surface area (Å²) in [4.78, 5) is 14.1. The van der Waals surface area contributed by atoms with Crippen LogP contribution in [0.4, 0.5) is 14.6 Å². The van der Waals surface area contributed by atoms with Gasteiger partial charge in [0.05, 0.1) is 35.1 Å². The first-order chi connectivity index (χ1) is 14.9. The standard InChI is InChI=1S/C19H20F2N6O2/c1-10(12-7-11(20)5-6-15(12)28-4)23-17-14(21)9-27-18(24-17)13(8-22-27)16-25-19(2,3)29-26-16/h5-10H,1-4H3,(H,23,24)(H,25,26)/t10-/m1/s1/i4D3. The highest BCUT2D eigenvalue weighted by Crippen LogP contribution is 2.29. The molecule has 0 radical (unpaired) electrons. The second kappa shape index (κ2) is 6.96. The van der Waals surface area contributed by atoms with E-state index in [-0.39, 0.29) is 17.1 Å². The van der Waals surface area contributed by atoms with E-state index < -0.39 is 30.4 Å². The summed E-state index contributed by atoms with van der Waals surface area (Å²) in [5.74, 6) is -1.12. The number of hydrogen-bond acceptors (Lipinski definition) is 7. The molecule has 10 heteroatoms. The van der Waals surface area contributed by atoms with Gasteiger partial charge in [0.1, 0.15) is 11.6 Å². The van der Waals surface area contributed by atoms with E-state index in [1.165, 1.54) is 16.8 Å². The molecule has 1 aromatic carbocycles. The molecule has 3 aromatic rings. The van der Waals surface area contributed by atoms with Crippen molar-refractivity contribution < 1.29 is 22.5 Å². The zero-order valence-corrected chi connectivity index (χ0v) is 15.8. The molecule has 0 saturated carbocycles. The zero-order valence-electron chi connectivity index (χ0n) is 18.8. The van der Waals surface area contributed by atoms with Crippen molar-refractivity contribution in [1.82, 2.24) is 20.1 Å². The van der Waals surface area contributed by atoms with Crippen molar-refractivity contribution in [3.8, 4) is 5.75 Å². The van der Waals surface area contributed by atoms with E-state index in [1.807, 2.05) is 0 Å². The highest BCUT2D eigenvalue weighted by molar-refractivity contribution is 6.03. The lowest BCUT2D eigenvalue weighted by atomic mass is 10.1. The van der Waals surface area contributed by atoms with Crippen molar-refractivity contribution in [3.63, 3.8) is 0 Å². The molecule has 3 heterocycles. The van der Waals surface area contributed by atoms with Crippen LogP contribution < -0.4 is 15.5 Å². The van der Waals surface area contributed by atoms with Gasteiger partial charge in [-0.3, -0.25) is 0 Å². The third-order valence-electron chi connectivity index (χ3n) is 4.38. The fourth-order valence-electron chi connectivity index (χ4n) is 2.99. The molecule has 29 heavy (non-hydrogen) atoms. The number of methoxy groups -OCH3 is 1. The lowest BCUT2D eigenvalue weighted by Crippen LogP contribution is -2.23. The number of aromatic nitrogens is 3. The Morgan fingerprint density at radius 2 is 2.21 bits per heavy atom. The van der Waals surface area contributed by atoms with E-state index in [0.29, 0.717) is 17.0 Å². The first-order valence-corrected chi connectivity index (χ1v) is 8.75. The number of amidine groups is 1. The minimum atomic E-state index is -2.73. The molecule has 0 aliphatic carbocycles. The van der Waals surface area contributed by atoms with E-state index in [9.17, 15) is 8.78 Å². The molecule has 1 aliphatic rings. The Morgan fingerprint density at radius 3 is 2.93 bits per heavy atom. The van der Waals surface area contributed by atoms with Gasteiger partial charge in [0.25, 0.3) is 0 Å². The van der Waals surface area contributed by atoms with Gasteiger partial charge in [-0.25, -0.2) is 33.6 Å². The summed E-state index contributed by atoms with van der Waals surface area (Å²) in [5, 5.41) is 6.94.